The van der Waals surface area contributed by atoms with Gasteiger partial charge in [-0.2, -0.15) is 11.8 Å². The standard InChI is InChI=1S/C12H18N2O2S2/c1-9-2-3-10(18-9)6-13-11(15)14-7-12(16)4-5-17-8-12/h2-3,16H,4-8H2,1H3,(H2,13,14,15)/t12-/m0/s1. The van der Waals surface area contributed by atoms with Crippen molar-refractivity contribution in [2.75, 3.05) is 18.1 Å². The van der Waals surface area contributed by atoms with E-state index in [2.05, 4.69) is 10.6 Å². The first-order valence-corrected chi connectivity index (χ1v) is 7.92. The van der Waals surface area contributed by atoms with Crippen LogP contribution >= 0.6 is 23.1 Å². The molecule has 1 aliphatic heterocycles. The number of thioether (sulfide) groups is 1. The molecule has 100 valence electrons. The molecule has 0 radical (unpaired) electrons. The van der Waals surface area contributed by atoms with Gasteiger partial charge in [-0.25, -0.2) is 4.79 Å². The molecule has 0 aliphatic carbocycles. The molecule has 0 saturated carbocycles. The van der Waals surface area contributed by atoms with E-state index in [0.29, 0.717) is 18.8 Å². The lowest BCUT2D eigenvalue weighted by atomic mass is 10.0. The van der Waals surface area contributed by atoms with Crippen molar-refractivity contribution in [3.8, 4) is 0 Å². The highest BCUT2D eigenvalue weighted by Crippen LogP contribution is 2.26. The SMILES string of the molecule is Cc1ccc(CNC(=O)NC[C@@]2(O)CCSC2)s1. The average Bonchev–Trinajstić information content (AvgIpc) is 2.94. The Balaban J connectivity index is 1.69. The Labute approximate surface area is 115 Å². The molecular weight excluding hydrogens is 268 g/mol. The Bertz CT molecular complexity index is 414. The van der Waals surface area contributed by atoms with Crippen LogP contribution in [0.15, 0.2) is 12.1 Å². The summed E-state index contributed by atoms with van der Waals surface area (Å²) in [5, 5.41) is 15.6. The van der Waals surface area contributed by atoms with Crippen LogP contribution in [0.25, 0.3) is 0 Å². The number of carbonyl (C=O) groups is 1. The number of nitrogens with one attached hydrogen (secondary N) is 2. The van der Waals surface area contributed by atoms with Crippen molar-refractivity contribution in [2.24, 2.45) is 0 Å². The number of urea groups is 1. The number of rotatable bonds is 4. The first-order valence-electron chi connectivity index (χ1n) is 5.95. The minimum absolute atomic E-state index is 0.216. The predicted octanol–water partition coefficient (Wildman–Crippen LogP) is 1.72. The molecule has 4 nitrogen and oxygen atoms in total. The van der Waals surface area contributed by atoms with Gasteiger partial charge < -0.3 is 15.7 Å². The highest BCUT2D eigenvalue weighted by Gasteiger charge is 2.31. The second-order valence-electron chi connectivity index (χ2n) is 4.58. The van der Waals surface area contributed by atoms with Crippen LogP contribution in [0, 0.1) is 6.92 Å². The summed E-state index contributed by atoms with van der Waals surface area (Å²) in [5.74, 6) is 1.67. The van der Waals surface area contributed by atoms with Crippen molar-refractivity contribution in [1.29, 1.82) is 0 Å². The van der Waals surface area contributed by atoms with Crippen LogP contribution in [0.5, 0.6) is 0 Å². The van der Waals surface area contributed by atoms with Crippen molar-refractivity contribution in [3.05, 3.63) is 21.9 Å². The Morgan fingerprint density at radius 3 is 2.94 bits per heavy atom. The normalized spacial score (nSPS) is 23.0. The van der Waals surface area contributed by atoms with Gasteiger partial charge in [-0.05, 0) is 31.2 Å². The van der Waals surface area contributed by atoms with E-state index in [0.717, 1.165) is 17.1 Å². The molecule has 2 amide bonds. The summed E-state index contributed by atoms with van der Waals surface area (Å²) in [6, 6.07) is 3.84. The number of hydrogen-bond acceptors (Lipinski definition) is 4. The highest BCUT2D eigenvalue weighted by molar-refractivity contribution is 7.99. The third-order valence-electron chi connectivity index (χ3n) is 2.88. The van der Waals surface area contributed by atoms with Gasteiger partial charge in [-0.15, -0.1) is 11.3 Å². The zero-order valence-electron chi connectivity index (χ0n) is 10.4. The summed E-state index contributed by atoms with van der Waals surface area (Å²) in [5.41, 5.74) is -0.721. The molecule has 6 heteroatoms. The number of amides is 2. The lowest BCUT2D eigenvalue weighted by Gasteiger charge is -2.21. The zero-order valence-corrected chi connectivity index (χ0v) is 12.0. The molecule has 1 aromatic heterocycles. The molecule has 1 atom stereocenters. The molecule has 0 aromatic carbocycles. The van der Waals surface area contributed by atoms with Crippen molar-refractivity contribution in [2.45, 2.75) is 25.5 Å². The van der Waals surface area contributed by atoms with E-state index < -0.39 is 5.60 Å². The van der Waals surface area contributed by atoms with Gasteiger partial charge >= 0.3 is 6.03 Å². The molecule has 1 saturated heterocycles. The number of thiophene rings is 1. The van der Waals surface area contributed by atoms with Gasteiger partial charge in [0.25, 0.3) is 0 Å². The van der Waals surface area contributed by atoms with Gasteiger partial charge in [0.2, 0.25) is 0 Å². The topological polar surface area (TPSA) is 61.4 Å². The monoisotopic (exact) mass is 286 g/mol. The fourth-order valence-corrected chi connectivity index (χ4v) is 3.92. The van der Waals surface area contributed by atoms with Crippen LogP contribution in [0.1, 0.15) is 16.2 Å². The Kier molecular flexibility index (Phi) is 4.53. The third-order valence-corrected chi connectivity index (χ3v) is 5.11. The van der Waals surface area contributed by atoms with Gasteiger partial charge in [0, 0.05) is 22.1 Å². The van der Waals surface area contributed by atoms with Gasteiger partial charge in [0.05, 0.1) is 12.1 Å². The molecule has 1 fully saturated rings. The maximum absolute atomic E-state index is 11.6. The summed E-state index contributed by atoms with van der Waals surface area (Å²) in [4.78, 5) is 14.0. The van der Waals surface area contributed by atoms with E-state index in [-0.39, 0.29) is 6.03 Å². The fraction of sp³-hybridized carbons (Fsp3) is 0.583. The van der Waals surface area contributed by atoms with Crippen LogP contribution < -0.4 is 10.6 Å². The van der Waals surface area contributed by atoms with Gasteiger partial charge in [0.15, 0.2) is 0 Å². The molecule has 3 N–H and O–H groups in total. The van der Waals surface area contributed by atoms with Crippen molar-refractivity contribution >= 4 is 29.1 Å². The summed E-state index contributed by atoms with van der Waals surface area (Å²) in [7, 11) is 0. The summed E-state index contributed by atoms with van der Waals surface area (Å²) in [6.07, 6.45) is 0.752. The Morgan fingerprint density at radius 1 is 1.50 bits per heavy atom. The van der Waals surface area contributed by atoms with E-state index in [9.17, 15) is 9.90 Å². The van der Waals surface area contributed by atoms with Gasteiger partial charge in [0.1, 0.15) is 0 Å². The number of aliphatic hydroxyl groups is 1. The molecule has 0 bridgehead atoms. The maximum atomic E-state index is 11.6. The van der Waals surface area contributed by atoms with Crippen LogP contribution in [-0.2, 0) is 6.54 Å². The molecule has 2 heterocycles. The highest BCUT2D eigenvalue weighted by atomic mass is 32.2. The molecule has 0 unspecified atom stereocenters. The van der Waals surface area contributed by atoms with E-state index in [1.54, 1.807) is 23.1 Å². The van der Waals surface area contributed by atoms with Crippen LogP contribution in [-0.4, -0.2) is 34.8 Å². The molecule has 1 aromatic rings. The molecule has 18 heavy (non-hydrogen) atoms. The summed E-state index contributed by atoms with van der Waals surface area (Å²) < 4.78 is 0. The van der Waals surface area contributed by atoms with Crippen LogP contribution in [0.2, 0.25) is 0 Å². The van der Waals surface area contributed by atoms with Crippen molar-refractivity contribution in [1.82, 2.24) is 10.6 Å². The molecule has 0 spiro atoms. The minimum Gasteiger partial charge on any atom is -0.387 e. The third kappa shape index (κ3) is 3.90. The van der Waals surface area contributed by atoms with E-state index in [4.69, 9.17) is 0 Å². The quantitative estimate of drug-likeness (QED) is 0.790. The molecule has 2 rings (SSSR count). The van der Waals surface area contributed by atoms with Crippen LogP contribution in [0.3, 0.4) is 0 Å². The Morgan fingerprint density at radius 2 is 2.33 bits per heavy atom. The van der Waals surface area contributed by atoms with Crippen molar-refractivity contribution < 1.29 is 9.90 Å². The van der Waals surface area contributed by atoms with Gasteiger partial charge in [-0.1, -0.05) is 0 Å². The van der Waals surface area contributed by atoms with Gasteiger partial charge in [-0.3, -0.25) is 0 Å². The minimum atomic E-state index is -0.721. The average molecular weight is 286 g/mol. The Hall–Kier alpha value is -0.720. The number of aryl methyl sites for hydroxylation is 1. The second-order valence-corrected chi connectivity index (χ2v) is 7.05. The summed E-state index contributed by atoms with van der Waals surface area (Å²) >= 11 is 3.40. The molecular formula is C12H18N2O2S2. The predicted molar refractivity (Wildman–Crippen MR) is 76.2 cm³/mol. The first-order chi connectivity index (χ1) is 8.57. The van der Waals surface area contributed by atoms with Crippen LogP contribution in [0.4, 0.5) is 4.79 Å². The second kappa shape index (κ2) is 5.95. The lowest BCUT2D eigenvalue weighted by Crippen LogP contribution is -2.46. The smallest absolute Gasteiger partial charge is 0.315 e. The molecule has 1 aliphatic rings. The summed E-state index contributed by atoms with van der Waals surface area (Å²) in [6.45, 7) is 2.91. The lowest BCUT2D eigenvalue weighted by molar-refractivity contribution is 0.0700. The maximum Gasteiger partial charge on any atom is 0.315 e. The van der Waals surface area contributed by atoms with Crippen molar-refractivity contribution in [3.63, 3.8) is 0 Å². The van der Waals surface area contributed by atoms with E-state index in [1.807, 2.05) is 19.1 Å². The largest absolute Gasteiger partial charge is 0.387 e. The first kappa shape index (κ1) is 13.7. The number of hydrogen-bond donors (Lipinski definition) is 3. The fourth-order valence-electron chi connectivity index (χ4n) is 1.79. The number of carbonyl (C=O) groups excluding carboxylic acids is 1. The van der Waals surface area contributed by atoms with E-state index >= 15 is 0 Å². The zero-order chi connectivity index (χ0) is 13.0. The van der Waals surface area contributed by atoms with E-state index in [1.165, 1.54) is 4.88 Å².